The molecule has 0 atom stereocenters. The molecule has 1 aliphatic rings. The molecule has 0 saturated heterocycles. The van der Waals surface area contributed by atoms with Crippen molar-refractivity contribution in [3.63, 3.8) is 0 Å². The molecular formula is C8H14Cl4NZr. The van der Waals surface area contributed by atoms with E-state index in [1.807, 2.05) is 56.8 Å². The first kappa shape index (κ1) is 17.9. The summed E-state index contributed by atoms with van der Waals surface area (Å²) in [4.78, 5) is 2.00. The normalized spacial score (nSPS) is 13.1. The average Bonchev–Trinajstić information content (AvgIpc) is 2.32. The zero-order chi connectivity index (χ0) is 11.6. The molecule has 0 aliphatic heterocycles. The molecule has 0 heterocycles. The molecule has 0 unspecified atom stereocenters. The predicted octanol–water partition coefficient (Wildman–Crippen LogP) is 4.25. The molecule has 83 valence electrons. The second-order valence-corrected chi connectivity index (χ2v) is 25.1. The van der Waals surface area contributed by atoms with Crippen molar-refractivity contribution >= 4 is 34.1 Å². The molecule has 0 saturated carbocycles. The Morgan fingerprint density at radius 3 is 1.07 bits per heavy atom. The van der Waals surface area contributed by atoms with Crippen LogP contribution < -0.4 is 0 Å². The topological polar surface area (TPSA) is 3.24 Å². The number of hydrogen-bond donors (Lipinski definition) is 0. The first-order valence-electron chi connectivity index (χ1n) is 3.76. The van der Waals surface area contributed by atoms with E-state index >= 15 is 0 Å². The van der Waals surface area contributed by atoms with Gasteiger partial charge in [0.1, 0.15) is 0 Å². The van der Waals surface area contributed by atoms with Gasteiger partial charge in [-0.15, -0.1) is 0 Å². The molecule has 14 heavy (non-hydrogen) atoms. The number of nitrogens with zero attached hydrogens (tertiary/aromatic N) is 1. The molecule has 0 fully saturated rings. The van der Waals surface area contributed by atoms with E-state index in [9.17, 15) is 0 Å². The summed E-state index contributed by atoms with van der Waals surface area (Å²) in [6.45, 7) is 0. The summed E-state index contributed by atoms with van der Waals surface area (Å²) in [6, 6.07) is 0. The van der Waals surface area contributed by atoms with Crippen LogP contribution in [-0.2, 0) is 15.5 Å². The van der Waals surface area contributed by atoms with Gasteiger partial charge >= 0.3 is 49.5 Å². The molecule has 0 aromatic rings. The second-order valence-electron chi connectivity index (χ2n) is 2.73. The zero-order valence-corrected chi connectivity index (χ0v) is 13.8. The molecule has 0 bridgehead atoms. The van der Waals surface area contributed by atoms with Crippen LogP contribution in [-0.4, -0.2) is 26.0 Å². The van der Waals surface area contributed by atoms with Crippen molar-refractivity contribution in [2.24, 2.45) is 0 Å². The van der Waals surface area contributed by atoms with Crippen molar-refractivity contribution in [3.05, 3.63) is 30.7 Å². The fourth-order valence-corrected chi connectivity index (χ4v) is 0.321. The predicted molar refractivity (Wildman–Crippen MR) is 65.6 cm³/mol. The minimum atomic E-state index is -3.29. The fraction of sp³-hybridized carbons (Fsp3) is 0.375. The van der Waals surface area contributed by atoms with Crippen LogP contribution in [0.5, 0.6) is 0 Å². The Hall–Kier alpha value is 1.48. The molecule has 1 aliphatic carbocycles. The van der Waals surface area contributed by atoms with Crippen LogP contribution in [0.3, 0.4) is 0 Å². The van der Waals surface area contributed by atoms with Crippen LogP contribution in [0.1, 0.15) is 0 Å². The average molecular weight is 357 g/mol. The molecule has 0 amide bonds. The summed E-state index contributed by atoms with van der Waals surface area (Å²) < 4.78 is 0. The molecule has 1 radical (unpaired) electrons. The van der Waals surface area contributed by atoms with Gasteiger partial charge in [0.25, 0.3) is 0 Å². The van der Waals surface area contributed by atoms with Gasteiger partial charge in [0.05, 0.1) is 0 Å². The fourth-order valence-electron chi connectivity index (χ4n) is 0.321. The maximum atomic E-state index is 5.04. The third kappa shape index (κ3) is 50.0. The first-order valence-corrected chi connectivity index (χ1v) is 16.4. The Bertz CT molecular complexity index is 156. The standard InChI is InChI=1S/C5H5.C3H9N.4ClH.Zr/c1-2-4-5-3-1;1-4(2)3;;;;;/h1-5H;1-3H3;4*1H;/q;;;;;;+4/p-4. The molecule has 0 aromatic heterocycles. The van der Waals surface area contributed by atoms with Gasteiger partial charge in [0, 0.05) is 6.42 Å². The van der Waals surface area contributed by atoms with Gasteiger partial charge in [-0.2, -0.15) is 0 Å². The number of halogens is 4. The van der Waals surface area contributed by atoms with Crippen LogP contribution in [0.25, 0.3) is 0 Å². The quantitative estimate of drug-likeness (QED) is 0.627. The summed E-state index contributed by atoms with van der Waals surface area (Å²) in [5.41, 5.74) is 0. The van der Waals surface area contributed by atoms with Gasteiger partial charge in [-0.1, -0.05) is 24.3 Å². The van der Waals surface area contributed by atoms with Gasteiger partial charge in [-0.3, -0.25) is 0 Å². The molecule has 0 spiro atoms. The zero-order valence-electron chi connectivity index (χ0n) is 8.35. The van der Waals surface area contributed by atoms with Crippen LogP contribution in [0.4, 0.5) is 0 Å². The Balaban J connectivity index is 0. The Kier molecular flexibility index (Phi) is 14.0. The molecule has 1 rings (SSSR count). The van der Waals surface area contributed by atoms with E-state index in [1.165, 1.54) is 0 Å². The van der Waals surface area contributed by atoms with Gasteiger partial charge in [-0.05, 0) is 21.1 Å². The third-order valence-corrected chi connectivity index (χ3v) is 0.556. The van der Waals surface area contributed by atoms with E-state index in [1.54, 1.807) is 0 Å². The van der Waals surface area contributed by atoms with Crippen LogP contribution in [0.15, 0.2) is 24.3 Å². The van der Waals surface area contributed by atoms with Crippen molar-refractivity contribution < 1.29 is 15.5 Å². The van der Waals surface area contributed by atoms with E-state index < -0.39 is 15.5 Å². The molecular weight excluding hydrogens is 343 g/mol. The van der Waals surface area contributed by atoms with Gasteiger partial charge in [0.2, 0.25) is 0 Å². The van der Waals surface area contributed by atoms with Gasteiger partial charge in [-0.25, -0.2) is 0 Å². The maximum absolute atomic E-state index is 5.04. The number of rotatable bonds is 0. The van der Waals surface area contributed by atoms with Crippen molar-refractivity contribution in [2.45, 2.75) is 0 Å². The molecule has 1 nitrogen and oxygen atoms in total. The van der Waals surface area contributed by atoms with Crippen molar-refractivity contribution in [2.75, 3.05) is 21.1 Å². The summed E-state index contributed by atoms with van der Waals surface area (Å²) in [5, 5.41) is 0. The van der Waals surface area contributed by atoms with E-state index in [2.05, 4.69) is 0 Å². The molecule has 0 aromatic carbocycles. The molecule has 0 N–H and O–H groups in total. The monoisotopic (exact) mass is 354 g/mol. The van der Waals surface area contributed by atoms with Crippen LogP contribution in [0, 0.1) is 6.42 Å². The summed E-state index contributed by atoms with van der Waals surface area (Å²) in [6.07, 6.45) is 10.0. The SMILES string of the molecule is CN(C)C.[CH]1C=CC=C1.[Cl][Zr]([Cl])([Cl])[Cl]. The van der Waals surface area contributed by atoms with E-state index in [-0.39, 0.29) is 0 Å². The van der Waals surface area contributed by atoms with E-state index in [0.717, 1.165) is 0 Å². The summed E-state index contributed by atoms with van der Waals surface area (Å²) in [7, 11) is 26.1. The minimum absolute atomic E-state index is 2.00. The summed E-state index contributed by atoms with van der Waals surface area (Å²) in [5.74, 6) is 0. The van der Waals surface area contributed by atoms with Crippen LogP contribution in [0.2, 0.25) is 0 Å². The van der Waals surface area contributed by atoms with Gasteiger partial charge < -0.3 is 4.90 Å². The summed E-state index contributed by atoms with van der Waals surface area (Å²) >= 11 is -3.29. The van der Waals surface area contributed by atoms with Crippen molar-refractivity contribution in [1.29, 1.82) is 0 Å². The van der Waals surface area contributed by atoms with E-state index in [0.29, 0.717) is 0 Å². The first-order chi connectivity index (χ1) is 6.23. The Morgan fingerprint density at radius 1 is 0.786 bits per heavy atom. The van der Waals surface area contributed by atoms with Gasteiger partial charge in [0.15, 0.2) is 0 Å². The van der Waals surface area contributed by atoms with Crippen molar-refractivity contribution in [3.8, 4) is 0 Å². The Morgan fingerprint density at radius 2 is 1.00 bits per heavy atom. The molecule has 6 heteroatoms. The van der Waals surface area contributed by atoms with E-state index in [4.69, 9.17) is 34.1 Å². The Labute approximate surface area is 105 Å². The van der Waals surface area contributed by atoms with Crippen molar-refractivity contribution in [1.82, 2.24) is 4.90 Å². The number of hydrogen-bond acceptors (Lipinski definition) is 1. The second kappa shape index (κ2) is 11.0. The van der Waals surface area contributed by atoms with Crippen LogP contribution >= 0.6 is 34.1 Å². The number of allylic oxidation sites excluding steroid dienone is 4. The third-order valence-electron chi connectivity index (χ3n) is 0.556.